The molecule has 0 fully saturated rings. The van der Waals surface area contributed by atoms with Crippen LogP contribution < -0.4 is 15.4 Å². The van der Waals surface area contributed by atoms with E-state index >= 15 is 0 Å². The largest absolute Gasteiger partial charge is 0.494 e. The zero-order chi connectivity index (χ0) is 24.1. The second-order valence-corrected chi connectivity index (χ2v) is 8.84. The minimum atomic E-state index is -0.650. The summed E-state index contributed by atoms with van der Waals surface area (Å²) in [5.74, 6) is 0.139. The summed E-state index contributed by atoms with van der Waals surface area (Å²) in [6.07, 6.45) is 3.04. The SMILES string of the molecule is CCOc1ccc(C(=O)NC(C(=O)NCc2nn(-c3ccccc3)c3c2CCC3)C(C)C)cc1. The molecule has 1 unspecified atom stereocenters. The topological polar surface area (TPSA) is 85.2 Å². The van der Waals surface area contributed by atoms with Gasteiger partial charge in [0.15, 0.2) is 0 Å². The lowest BCUT2D eigenvalue weighted by Gasteiger charge is -2.21. The van der Waals surface area contributed by atoms with E-state index in [4.69, 9.17) is 9.84 Å². The van der Waals surface area contributed by atoms with Gasteiger partial charge in [0.05, 0.1) is 24.5 Å². The highest BCUT2D eigenvalue weighted by atomic mass is 16.5. The fourth-order valence-electron chi connectivity index (χ4n) is 4.35. The van der Waals surface area contributed by atoms with E-state index in [-0.39, 0.29) is 17.7 Å². The highest BCUT2D eigenvalue weighted by molar-refractivity contribution is 5.97. The highest BCUT2D eigenvalue weighted by Gasteiger charge is 2.27. The molecular weight excluding hydrogens is 428 g/mol. The average molecular weight is 461 g/mol. The fourth-order valence-corrected chi connectivity index (χ4v) is 4.35. The molecule has 0 aliphatic heterocycles. The molecule has 7 nitrogen and oxygen atoms in total. The van der Waals surface area contributed by atoms with Crippen molar-refractivity contribution in [3.8, 4) is 11.4 Å². The van der Waals surface area contributed by atoms with Crippen LogP contribution >= 0.6 is 0 Å². The molecule has 1 aliphatic carbocycles. The van der Waals surface area contributed by atoms with Gasteiger partial charge in [-0.15, -0.1) is 0 Å². The molecule has 1 atom stereocenters. The van der Waals surface area contributed by atoms with Gasteiger partial charge >= 0.3 is 0 Å². The number of hydrogen-bond donors (Lipinski definition) is 2. The lowest BCUT2D eigenvalue weighted by atomic mass is 10.0. The molecule has 2 amide bonds. The molecule has 2 aromatic carbocycles. The third-order valence-corrected chi connectivity index (χ3v) is 6.11. The molecule has 2 N–H and O–H groups in total. The van der Waals surface area contributed by atoms with Crippen molar-refractivity contribution in [2.45, 2.75) is 52.6 Å². The predicted molar refractivity (Wildman–Crippen MR) is 131 cm³/mol. The molecule has 0 radical (unpaired) electrons. The van der Waals surface area contributed by atoms with Gasteiger partial charge in [-0.2, -0.15) is 5.10 Å². The molecule has 7 heteroatoms. The van der Waals surface area contributed by atoms with Crippen molar-refractivity contribution < 1.29 is 14.3 Å². The number of amides is 2. The molecule has 3 aromatic rings. The van der Waals surface area contributed by atoms with Gasteiger partial charge in [-0.25, -0.2) is 4.68 Å². The van der Waals surface area contributed by atoms with E-state index in [1.807, 2.05) is 55.8 Å². The Morgan fingerprint density at radius 2 is 1.79 bits per heavy atom. The Balaban J connectivity index is 1.43. The number of benzene rings is 2. The number of carbonyl (C=O) groups is 2. The molecule has 0 saturated heterocycles. The molecule has 0 spiro atoms. The van der Waals surface area contributed by atoms with Crippen molar-refractivity contribution in [2.75, 3.05) is 6.61 Å². The van der Waals surface area contributed by atoms with E-state index in [1.165, 1.54) is 11.3 Å². The maximum absolute atomic E-state index is 13.1. The third kappa shape index (κ3) is 5.14. The van der Waals surface area contributed by atoms with Crippen LogP contribution in [0.15, 0.2) is 54.6 Å². The molecule has 34 heavy (non-hydrogen) atoms. The van der Waals surface area contributed by atoms with Crippen molar-refractivity contribution in [1.82, 2.24) is 20.4 Å². The molecule has 178 valence electrons. The van der Waals surface area contributed by atoms with Crippen molar-refractivity contribution in [3.05, 3.63) is 77.1 Å². The minimum Gasteiger partial charge on any atom is -0.494 e. The van der Waals surface area contributed by atoms with Crippen LogP contribution in [0.1, 0.15) is 54.5 Å². The lowest BCUT2D eigenvalue weighted by molar-refractivity contribution is -0.124. The van der Waals surface area contributed by atoms with Gasteiger partial charge in [-0.3, -0.25) is 9.59 Å². The Labute approximate surface area is 200 Å². The van der Waals surface area contributed by atoms with Crippen LogP contribution in [0.25, 0.3) is 5.69 Å². The predicted octanol–water partition coefficient (Wildman–Crippen LogP) is 3.83. The summed E-state index contributed by atoms with van der Waals surface area (Å²) in [6.45, 7) is 6.65. The summed E-state index contributed by atoms with van der Waals surface area (Å²) in [5, 5.41) is 10.7. The van der Waals surface area contributed by atoms with Gasteiger partial charge < -0.3 is 15.4 Å². The number of nitrogens with one attached hydrogen (secondary N) is 2. The Hall–Kier alpha value is -3.61. The van der Waals surface area contributed by atoms with Gasteiger partial charge in [0.1, 0.15) is 11.8 Å². The summed E-state index contributed by atoms with van der Waals surface area (Å²) in [4.78, 5) is 25.8. The van der Waals surface area contributed by atoms with Gasteiger partial charge in [-0.1, -0.05) is 32.0 Å². The van der Waals surface area contributed by atoms with Gasteiger partial charge in [0.25, 0.3) is 5.91 Å². The van der Waals surface area contributed by atoms with Crippen LogP contribution in [0.4, 0.5) is 0 Å². The first-order valence-corrected chi connectivity index (χ1v) is 11.9. The third-order valence-electron chi connectivity index (χ3n) is 6.11. The molecule has 0 saturated carbocycles. The second kappa shape index (κ2) is 10.5. The monoisotopic (exact) mass is 460 g/mol. The summed E-state index contributed by atoms with van der Waals surface area (Å²) in [5.41, 5.74) is 4.86. The maximum Gasteiger partial charge on any atom is 0.251 e. The number of rotatable bonds is 9. The molecule has 0 bridgehead atoms. The van der Waals surface area contributed by atoms with Crippen LogP contribution in [0, 0.1) is 5.92 Å². The average Bonchev–Trinajstić information content (AvgIpc) is 3.45. The standard InChI is InChI=1S/C27H32N4O3/c1-4-34-21-15-13-19(14-16-21)26(32)29-25(18(2)3)27(33)28-17-23-22-11-8-12-24(22)31(30-23)20-9-6-5-7-10-20/h5-7,9-10,13-16,18,25H,4,8,11-12,17H2,1-3H3,(H,28,33)(H,29,32). The van der Waals surface area contributed by atoms with Crippen molar-refractivity contribution in [1.29, 1.82) is 0 Å². The Kier molecular flexibility index (Phi) is 7.30. The molecular formula is C27H32N4O3. The molecule has 4 rings (SSSR count). The number of carbonyl (C=O) groups excluding carboxylic acids is 2. The van der Waals surface area contributed by atoms with Crippen LogP contribution in [0.2, 0.25) is 0 Å². The van der Waals surface area contributed by atoms with Gasteiger partial charge in [-0.05, 0) is 74.1 Å². The van der Waals surface area contributed by atoms with Crippen LogP contribution in [-0.2, 0) is 24.2 Å². The number of nitrogens with zero attached hydrogens (tertiary/aromatic N) is 2. The van der Waals surface area contributed by atoms with Crippen molar-refractivity contribution in [3.63, 3.8) is 0 Å². The summed E-state index contributed by atoms with van der Waals surface area (Å²) >= 11 is 0. The van der Waals surface area contributed by atoms with Crippen molar-refractivity contribution >= 4 is 11.8 Å². The van der Waals surface area contributed by atoms with E-state index < -0.39 is 6.04 Å². The Bertz CT molecular complexity index is 1140. The first kappa shape index (κ1) is 23.5. The first-order chi connectivity index (χ1) is 16.5. The second-order valence-electron chi connectivity index (χ2n) is 8.84. The van der Waals surface area contributed by atoms with Gasteiger partial charge in [0, 0.05) is 11.3 Å². The van der Waals surface area contributed by atoms with Crippen molar-refractivity contribution in [2.24, 2.45) is 5.92 Å². The van der Waals surface area contributed by atoms with Crippen LogP contribution in [0.5, 0.6) is 5.75 Å². The maximum atomic E-state index is 13.1. The molecule has 1 heterocycles. The van der Waals surface area contributed by atoms with Gasteiger partial charge in [0.2, 0.25) is 5.91 Å². The van der Waals surface area contributed by atoms with E-state index in [0.717, 1.165) is 30.6 Å². The number of ether oxygens (including phenoxy) is 1. The van der Waals surface area contributed by atoms with E-state index in [9.17, 15) is 9.59 Å². The zero-order valence-corrected chi connectivity index (χ0v) is 20.0. The number of aromatic nitrogens is 2. The minimum absolute atomic E-state index is 0.0701. The highest BCUT2D eigenvalue weighted by Crippen LogP contribution is 2.27. The number of fused-ring (bicyclic) bond motifs is 1. The fraction of sp³-hybridized carbons (Fsp3) is 0.370. The molecule has 1 aliphatic rings. The van der Waals surface area contributed by atoms with E-state index in [0.29, 0.717) is 24.5 Å². The number of hydrogen-bond acceptors (Lipinski definition) is 4. The summed E-state index contributed by atoms with van der Waals surface area (Å²) in [7, 11) is 0. The lowest BCUT2D eigenvalue weighted by Crippen LogP contribution is -2.49. The normalized spacial score (nSPS) is 13.4. The zero-order valence-electron chi connectivity index (χ0n) is 20.0. The summed E-state index contributed by atoms with van der Waals surface area (Å²) < 4.78 is 7.43. The molecule has 1 aromatic heterocycles. The van der Waals surface area contributed by atoms with E-state index in [2.05, 4.69) is 10.6 Å². The smallest absolute Gasteiger partial charge is 0.251 e. The summed E-state index contributed by atoms with van der Waals surface area (Å²) in [6, 6.07) is 16.3. The van der Waals surface area contributed by atoms with Crippen LogP contribution in [-0.4, -0.2) is 34.2 Å². The first-order valence-electron chi connectivity index (χ1n) is 11.9. The number of para-hydroxylation sites is 1. The Morgan fingerprint density at radius 1 is 1.06 bits per heavy atom. The van der Waals surface area contributed by atoms with Crippen LogP contribution in [0.3, 0.4) is 0 Å². The Morgan fingerprint density at radius 3 is 2.47 bits per heavy atom. The van der Waals surface area contributed by atoms with E-state index in [1.54, 1.807) is 24.3 Å². The quantitative estimate of drug-likeness (QED) is 0.508.